The van der Waals surface area contributed by atoms with Gasteiger partial charge in [-0.25, -0.2) is 0 Å². The van der Waals surface area contributed by atoms with Crippen molar-refractivity contribution >= 4 is 22.7 Å². The minimum absolute atomic E-state index is 0.0326. The maximum atomic E-state index is 13.2. The van der Waals surface area contributed by atoms with Gasteiger partial charge in [0.2, 0.25) is 5.91 Å². The minimum Gasteiger partial charge on any atom is -0.349 e. The number of benzene rings is 1. The lowest BCUT2D eigenvalue weighted by molar-refractivity contribution is -0.134. The number of piperidine rings is 1. The number of hydrogen-bond donors (Lipinski definition) is 0. The lowest BCUT2D eigenvalue weighted by atomic mass is 9.94. The highest BCUT2D eigenvalue weighted by atomic mass is 16.2. The predicted octanol–water partition coefficient (Wildman–Crippen LogP) is 3.05. The molecule has 0 radical (unpaired) electrons. The Kier molecular flexibility index (Phi) is 4.39. The highest BCUT2D eigenvalue weighted by molar-refractivity contribution is 6.06. The number of para-hydroxylation sites is 1. The van der Waals surface area contributed by atoms with Crippen molar-refractivity contribution in [1.29, 1.82) is 0 Å². The van der Waals surface area contributed by atoms with Gasteiger partial charge in [-0.1, -0.05) is 18.2 Å². The number of nitrogens with zero attached hydrogens (tertiary/aromatic N) is 3. The molecule has 0 N–H and O–H groups in total. The zero-order valence-electron chi connectivity index (χ0n) is 15.4. The van der Waals surface area contributed by atoms with Gasteiger partial charge in [0.25, 0.3) is 5.91 Å². The molecule has 0 bridgehead atoms. The van der Waals surface area contributed by atoms with Crippen LogP contribution in [0.1, 0.15) is 47.7 Å². The molecule has 26 heavy (non-hydrogen) atoms. The smallest absolute Gasteiger partial charge is 0.254 e. The number of likely N-dealkylation sites (tertiary alicyclic amines) is 1. The molecule has 1 aromatic heterocycles. The summed E-state index contributed by atoms with van der Waals surface area (Å²) in [6, 6.07) is 9.89. The summed E-state index contributed by atoms with van der Waals surface area (Å²) < 4.78 is 0. The molecule has 0 spiro atoms. The highest BCUT2D eigenvalue weighted by Crippen LogP contribution is 2.40. The molecule has 136 valence electrons. The first-order valence-electron chi connectivity index (χ1n) is 9.44. The number of aromatic nitrogens is 1. The van der Waals surface area contributed by atoms with Crippen LogP contribution >= 0.6 is 0 Å². The van der Waals surface area contributed by atoms with Crippen LogP contribution in [-0.2, 0) is 4.79 Å². The van der Waals surface area contributed by atoms with Gasteiger partial charge in [0.1, 0.15) is 0 Å². The lowest BCUT2D eigenvalue weighted by Crippen LogP contribution is -2.42. The van der Waals surface area contributed by atoms with Gasteiger partial charge in [0.15, 0.2) is 0 Å². The summed E-state index contributed by atoms with van der Waals surface area (Å²) in [5.74, 6) is 0.781. The number of carbonyl (C=O) groups is 2. The molecule has 2 heterocycles. The Hall–Kier alpha value is -2.43. The normalized spacial score (nSPS) is 18.2. The fraction of sp³-hybridized carbons (Fsp3) is 0.476. The predicted molar refractivity (Wildman–Crippen MR) is 101 cm³/mol. The van der Waals surface area contributed by atoms with Crippen molar-refractivity contribution in [1.82, 2.24) is 14.8 Å². The zero-order chi connectivity index (χ0) is 18.3. The molecule has 1 saturated carbocycles. The first-order valence-corrected chi connectivity index (χ1v) is 9.44. The molecule has 1 aliphatic carbocycles. The summed E-state index contributed by atoms with van der Waals surface area (Å²) in [6.45, 7) is 1.27. The second-order valence-electron chi connectivity index (χ2n) is 7.69. The molecule has 0 atom stereocenters. The van der Waals surface area contributed by atoms with E-state index >= 15 is 0 Å². The average Bonchev–Trinajstić information content (AvgIpc) is 3.51. The fourth-order valence-electron chi connectivity index (χ4n) is 3.83. The first kappa shape index (κ1) is 17.0. The Bertz CT molecular complexity index is 849. The van der Waals surface area contributed by atoms with E-state index in [1.807, 2.05) is 35.2 Å². The standard InChI is InChI=1S/C21H25N3O2/c1-23(2)20(25)15-9-11-24(12-10-15)21(26)17-13-19(14-7-8-14)22-18-6-4-3-5-16(17)18/h3-6,13-15H,7-12H2,1-2H3. The van der Waals surface area contributed by atoms with Gasteiger partial charge in [-0.15, -0.1) is 0 Å². The third-order valence-electron chi connectivity index (χ3n) is 5.53. The minimum atomic E-state index is 0.0326. The Balaban J connectivity index is 1.58. The van der Waals surface area contributed by atoms with Gasteiger partial charge < -0.3 is 9.80 Å². The maximum absolute atomic E-state index is 13.2. The van der Waals surface area contributed by atoms with Crippen LogP contribution < -0.4 is 0 Å². The van der Waals surface area contributed by atoms with Crippen molar-refractivity contribution in [3.63, 3.8) is 0 Å². The summed E-state index contributed by atoms with van der Waals surface area (Å²) in [6.07, 6.45) is 3.80. The summed E-state index contributed by atoms with van der Waals surface area (Å²) in [7, 11) is 3.59. The van der Waals surface area contributed by atoms with Crippen LogP contribution in [0.4, 0.5) is 0 Å². The number of amides is 2. The van der Waals surface area contributed by atoms with Crippen molar-refractivity contribution in [3.8, 4) is 0 Å². The molecule has 2 aliphatic rings. The SMILES string of the molecule is CN(C)C(=O)C1CCN(C(=O)c2cc(C3CC3)nc3ccccc23)CC1. The number of carbonyl (C=O) groups excluding carboxylic acids is 2. The van der Waals surface area contributed by atoms with Gasteiger partial charge >= 0.3 is 0 Å². The van der Waals surface area contributed by atoms with Crippen molar-refractivity contribution in [2.24, 2.45) is 5.92 Å². The van der Waals surface area contributed by atoms with Gasteiger partial charge in [-0.2, -0.15) is 0 Å². The lowest BCUT2D eigenvalue weighted by Gasteiger charge is -2.32. The second kappa shape index (κ2) is 6.71. The van der Waals surface area contributed by atoms with Crippen LogP contribution in [0.3, 0.4) is 0 Å². The summed E-state index contributed by atoms with van der Waals surface area (Å²) >= 11 is 0. The van der Waals surface area contributed by atoms with Crippen LogP contribution in [0.2, 0.25) is 0 Å². The molecule has 1 saturated heterocycles. The maximum Gasteiger partial charge on any atom is 0.254 e. The topological polar surface area (TPSA) is 53.5 Å². The van der Waals surface area contributed by atoms with Crippen LogP contribution in [-0.4, -0.2) is 53.8 Å². The van der Waals surface area contributed by atoms with Crippen LogP contribution in [0.5, 0.6) is 0 Å². The largest absolute Gasteiger partial charge is 0.349 e. The van der Waals surface area contributed by atoms with Gasteiger partial charge in [-0.3, -0.25) is 14.6 Å². The fourth-order valence-corrected chi connectivity index (χ4v) is 3.83. The van der Waals surface area contributed by atoms with Gasteiger partial charge in [0, 0.05) is 50.1 Å². The van der Waals surface area contributed by atoms with Crippen LogP contribution in [0, 0.1) is 5.92 Å². The quantitative estimate of drug-likeness (QED) is 0.854. The number of hydrogen-bond acceptors (Lipinski definition) is 3. The molecular formula is C21H25N3O2. The van der Waals surface area contributed by atoms with Crippen molar-refractivity contribution in [3.05, 3.63) is 41.6 Å². The summed E-state index contributed by atoms with van der Waals surface area (Å²) in [5, 5.41) is 0.924. The molecule has 1 aliphatic heterocycles. The molecule has 0 unspecified atom stereocenters. The molecule has 5 heteroatoms. The molecular weight excluding hydrogens is 326 g/mol. The van der Waals surface area contributed by atoms with Gasteiger partial charge in [-0.05, 0) is 37.8 Å². The van der Waals surface area contributed by atoms with E-state index in [0.29, 0.717) is 19.0 Å². The summed E-state index contributed by atoms with van der Waals surface area (Å²) in [4.78, 5) is 33.7. The average molecular weight is 351 g/mol. The van der Waals surface area contributed by atoms with E-state index in [1.54, 1.807) is 19.0 Å². The zero-order valence-corrected chi connectivity index (χ0v) is 15.4. The van der Waals surface area contributed by atoms with E-state index in [4.69, 9.17) is 4.98 Å². The van der Waals surface area contributed by atoms with Crippen molar-refractivity contribution < 1.29 is 9.59 Å². The van der Waals surface area contributed by atoms with Gasteiger partial charge in [0.05, 0.1) is 11.1 Å². The van der Waals surface area contributed by atoms with Crippen molar-refractivity contribution in [2.75, 3.05) is 27.2 Å². The Labute approximate surface area is 154 Å². The molecule has 5 nitrogen and oxygen atoms in total. The van der Waals surface area contributed by atoms with Crippen molar-refractivity contribution in [2.45, 2.75) is 31.6 Å². The Morgan fingerprint density at radius 1 is 1.08 bits per heavy atom. The molecule has 2 amide bonds. The number of pyridine rings is 1. The molecule has 1 aromatic carbocycles. The molecule has 4 rings (SSSR count). The molecule has 2 aromatic rings. The third kappa shape index (κ3) is 3.18. The highest BCUT2D eigenvalue weighted by Gasteiger charge is 2.31. The van der Waals surface area contributed by atoms with Crippen LogP contribution in [0.15, 0.2) is 30.3 Å². The van der Waals surface area contributed by atoms with E-state index in [-0.39, 0.29) is 17.7 Å². The third-order valence-corrected chi connectivity index (χ3v) is 5.53. The number of rotatable bonds is 3. The monoisotopic (exact) mass is 351 g/mol. The van der Waals surface area contributed by atoms with E-state index in [1.165, 1.54) is 0 Å². The Morgan fingerprint density at radius 2 is 1.77 bits per heavy atom. The summed E-state index contributed by atoms with van der Waals surface area (Å²) in [5.41, 5.74) is 2.71. The van der Waals surface area contributed by atoms with Crippen LogP contribution in [0.25, 0.3) is 10.9 Å². The number of fused-ring (bicyclic) bond motifs is 1. The first-order chi connectivity index (χ1) is 12.5. The second-order valence-corrected chi connectivity index (χ2v) is 7.69. The van der Waals surface area contributed by atoms with E-state index in [2.05, 4.69) is 0 Å². The van der Waals surface area contributed by atoms with E-state index in [9.17, 15) is 9.59 Å². The Morgan fingerprint density at radius 3 is 2.42 bits per heavy atom. The van der Waals surface area contributed by atoms with E-state index in [0.717, 1.165) is 47.8 Å². The molecule has 2 fully saturated rings. The van der Waals surface area contributed by atoms with E-state index < -0.39 is 0 Å².